The van der Waals surface area contributed by atoms with Crippen LogP contribution < -0.4 is 0 Å². The number of halogens is 2. The van der Waals surface area contributed by atoms with Crippen LogP contribution in [0.25, 0.3) is 0 Å². The molecule has 0 saturated carbocycles. The van der Waals surface area contributed by atoms with Crippen LogP contribution in [0.4, 0.5) is 0 Å². The van der Waals surface area contributed by atoms with Gasteiger partial charge in [0.05, 0.1) is 0 Å². The van der Waals surface area contributed by atoms with Crippen molar-refractivity contribution < 1.29 is 4.79 Å². The van der Waals surface area contributed by atoms with Crippen LogP contribution in [0.3, 0.4) is 0 Å². The molecule has 0 spiro atoms. The monoisotopic (exact) mass is 228 g/mol. The lowest BCUT2D eigenvalue weighted by Crippen LogP contribution is -2.09. The Morgan fingerprint density at radius 2 is 2.21 bits per heavy atom. The molecule has 1 nitrogen and oxygen atoms in total. The second-order valence-corrected chi connectivity index (χ2v) is 4.36. The predicted molar refractivity (Wildman–Crippen MR) is 58.3 cm³/mol. The van der Waals surface area contributed by atoms with Gasteiger partial charge in [0.2, 0.25) is 0 Å². The van der Waals surface area contributed by atoms with Crippen molar-refractivity contribution in [2.75, 3.05) is 5.88 Å². The zero-order valence-corrected chi connectivity index (χ0v) is 9.11. The zero-order chi connectivity index (χ0) is 10.1. The molecule has 0 saturated heterocycles. The number of carbonyl (C=O) groups excluding carboxylic acids is 1. The molecule has 0 bridgehead atoms. The molecule has 1 atom stereocenters. The maximum atomic E-state index is 11.8. The van der Waals surface area contributed by atoms with Gasteiger partial charge in [-0.3, -0.25) is 4.79 Å². The van der Waals surface area contributed by atoms with Gasteiger partial charge in [-0.15, -0.1) is 11.6 Å². The third kappa shape index (κ3) is 1.67. The molecule has 0 radical (unpaired) electrons. The van der Waals surface area contributed by atoms with Gasteiger partial charge in [-0.2, -0.15) is 0 Å². The molecule has 74 valence electrons. The van der Waals surface area contributed by atoms with Crippen molar-refractivity contribution >= 4 is 29.0 Å². The summed E-state index contributed by atoms with van der Waals surface area (Å²) < 4.78 is 0. The largest absolute Gasteiger partial charge is 0.294 e. The number of rotatable bonds is 2. The molecule has 1 aromatic rings. The summed E-state index contributed by atoms with van der Waals surface area (Å²) in [6, 6.07) is 5.46. The van der Waals surface area contributed by atoms with E-state index < -0.39 is 0 Å². The van der Waals surface area contributed by atoms with Crippen molar-refractivity contribution in [2.24, 2.45) is 5.92 Å². The van der Waals surface area contributed by atoms with Crippen LogP contribution in [0, 0.1) is 5.92 Å². The lowest BCUT2D eigenvalue weighted by Gasteiger charge is -2.02. The highest BCUT2D eigenvalue weighted by Crippen LogP contribution is 2.30. The van der Waals surface area contributed by atoms with Crippen LogP contribution >= 0.6 is 23.2 Å². The topological polar surface area (TPSA) is 17.1 Å². The quantitative estimate of drug-likeness (QED) is 0.711. The van der Waals surface area contributed by atoms with Gasteiger partial charge in [-0.1, -0.05) is 11.6 Å². The fourth-order valence-electron chi connectivity index (χ4n) is 1.91. The molecular weight excluding hydrogens is 219 g/mol. The molecule has 0 fully saturated rings. The summed E-state index contributed by atoms with van der Waals surface area (Å²) >= 11 is 11.5. The third-order valence-corrected chi connectivity index (χ3v) is 3.08. The van der Waals surface area contributed by atoms with Gasteiger partial charge >= 0.3 is 0 Å². The van der Waals surface area contributed by atoms with Crippen molar-refractivity contribution in [3.05, 3.63) is 34.3 Å². The predicted octanol–water partition coefficient (Wildman–Crippen LogP) is 3.32. The number of hydrogen-bond acceptors (Lipinski definition) is 1. The minimum absolute atomic E-state index is 0.0703. The second-order valence-electron chi connectivity index (χ2n) is 3.54. The van der Waals surface area contributed by atoms with Crippen molar-refractivity contribution in [2.45, 2.75) is 12.8 Å². The molecule has 0 N–H and O–H groups in total. The highest BCUT2D eigenvalue weighted by Gasteiger charge is 2.29. The van der Waals surface area contributed by atoms with Crippen LogP contribution in [-0.4, -0.2) is 11.7 Å². The van der Waals surface area contributed by atoms with Crippen LogP contribution in [0.15, 0.2) is 18.2 Å². The summed E-state index contributed by atoms with van der Waals surface area (Å²) in [4.78, 5) is 11.8. The van der Waals surface area contributed by atoms with E-state index in [2.05, 4.69) is 0 Å². The second kappa shape index (κ2) is 3.92. The SMILES string of the molecule is O=C1c2ccc(Cl)cc2CC1CCCl. The molecule has 3 heteroatoms. The molecule has 0 aliphatic heterocycles. The number of carbonyl (C=O) groups is 1. The maximum Gasteiger partial charge on any atom is 0.166 e. The number of hydrogen-bond donors (Lipinski definition) is 0. The summed E-state index contributed by atoms with van der Waals surface area (Å²) in [6.45, 7) is 0. The standard InChI is InChI=1S/C11H10Cl2O/c12-4-3-7-5-8-6-9(13)1-2-10(8)11(7)14/h1-2,6-7H,3-5H2. The van der Waals surface area contributed by atoms with Gasteiger partial charge in [0.1, 0.15) is 0 Å². The van der Waals surface area contributed by atoms with Crippen molar-refractivity contribution in [1.82, 2.24) is 0 Å². The van der Waals surface area contributed by atoms with Crippen molar-refractivity contribution in [1.29, 1.82) is 0 Å². The Kier molecular flexibility index (Phi) is 2.80. The summed E-state index contributed by atoms with van der Waals surface area (Å²) in [5, 5.41) is 0.697. The molecule has 1 aliphatic carbocycles. The number of fused-ring (bicyclic) bond motifs is 1. The molecule has 1 aromatic carbocycles. The minimum atomic E-state index is 0.0703. The lowest BCUT2D eigenvalue weighted by molar-refractivity contribution is 0.0934. The van der Waals surface area contributed by atoms with Gasteiger partial charge in [0.25, 0.3) is 0 Å². The maximum absolute atomic E-state index is 11.8. The first-order chi connectivity index (χ1) is 6.72. The number of benzene rings is 1. The Hall–Kier alpha value is -0.530. The zero-order valence-electron chi connectivity index (χ0n) is 7.59. The molecular formula is C11H10Cl2O. The van der Waals surface area contributed by atoms with Crippen LogP contribution in [0.5, 0.6) is 0 Å². The molecule has 0 amide bonds. The molecule has 1 unspecified atom stereocenters. The summed E-state index contributed by atoms with van der Waals surface area (Å²) in [5.41, 5.74) is 1.89. The smallest absolute Gasteiger partial charge is 0.166 e. The Balaban J connectivity index is 2.31. The number of Topliss-reactive ketones (excluding diaryl/α,β-unsaturated/α-hetero) is 1. The first kappa shape index (κ1) is 10.0. The third-order valence-electron chi connectivity index (χ3n) is 2.63. The fourth-order valence-corrected chi connectivity index (χ4v) is 2.37. The van der Waals surface area contributed by atoms with Crippen LogP contribution in [0.1, 0.15) is 22.3 Å². The van der Waals surface area contributed by atoms with Crippen LogP contribution in [0.2, 0.25) is 5.02 Å². The molecule has 2 rings (SSSR count). The van der Waals surface area contributed by atoms with E-state index in [0.717, 1.165) is 24.0 Å². The normalized spacial score (nSPS) is 19.9. The van der Waals surface area contributed by atoms with Crippen molar-refractivity contribution in [3.8, 4) is 0 Å². The van der Waals surface area contributed by atoms with E-state index in [9.17, 15) is 4.79 Å². The average molecular weight is 229 g/mol. The van der Waals surface area contributed by atoms with Gasteiger partial charge < -0.3 is 0 Å². The van der Waals surface area contributed by atoms with E-state index in [1.54, 1.807) is 6.07 Å². The van der Waals surface area contributed by atoms with Crippen LogP contribution in [-0.2, 0) is 6.42 Å². The first-order valence-electron chi connectivity index (χ1n) is 4.61. The molecule has 0 heterocycles. The Morgan fingerprint density at radius 3 is 2.93 bits per heavy atom. The Bertz CT molecular complexity index is 374. The summed E-state index contributed by atoms with van der Waals surface area (Å²) in [5.74, 6) is 0.830. The van der Waals surface area contributed by atoms with Gasteiger partial charge in [-0.25, -0.2) is 0 Å². The minimum Gasteiger partial charge on any atom is -0.294 e. The van der Waals surface area contributed by atoms with E-state index in [1.165, 1.54) is 0 Å². The highest BCUT2D eigenvalue weighted by molar-refractivity contribution is 6.30. The Labute approximate surface area is 93.0 Å². The molecule has 14 heavy (non-hydrogen) atoms. The van der Waals surface area contributed by atoms with Gasteiger partial charge in [-0.05, 0) is 36.6 Å². The van der Waals surface area contributed by atoms with E-state index in [1.807, 2.05) is 12.1 Å². The summed E-state index contributed by atoms with van der Waals surface area (Å²) in [7, 11) is 0. The fraction of sp³-hybridized carbons (Fsp3) is 0.364. The van der Waals surface area contributed by atoms with E-state index in [0.29, 0.717) is 10.9 Å². The number of alkyl halides is 1. The van der Waals surface area contributed by atoms with E-state index in [-0.39, 0.29) is 11.7 Å². The van der Waals surface area contributed by atoms with E-state index in [4.69, 9.17) is 23.2 Å². The van der Waals surface area contributed by atoms with Crippen molar-refractivity contribution in [3.63, 3.8) is 0 Å². The highest BCUT2D eigenvalue weighted by atomic mass is 35.5. The molecule has 1 aliphatic rings. The average Bonchev–Trinajstić information content (AvgIpc) is 2.44. The van der Waals surface area contributed by atoms with Gasteiger partial charge in [0, 0.05) is 22.4 Å². The summed E-state index contributed by atoms with van der Waals surface area (Å²) in [6.07, 6.45) is 1.55. The first-order valence-corrected chi connectivity index (χ1v) is 5.52. The van der Waals surface area contributed by atoms with Gasteiger partial charge in [0.15, 0.2) is 5.78 Å². The Morgan fingerprint density at radius 1 is 1.43 bits per heavy atom. The molecule has 0 aromatic heterocycles. The van der Waals surface area contributed by atoms with E-state index >= 15 is 0 Å². The lowest BCUT2D eigenvalue weighted by atomic mass is 10.0. The number of ketones is 1.